The van der Waals surface area contributed by atoms with E-state index in [1.54, 1.807) is 12.4 Å². The van der Waals surface area contributed by atoms with Gasteiger partial charge < -0.3 is 11.1 Å². The van der Waals surface area contributed by atoms with Crippen molar-refractivity contribution < 1.29 is 0 Å². The Kier molecular flexibility index (Phi) is 3.15. The van der Waals surface area contributed by atoms with E-state index in [0.29, 0.717) is 6.54 Å². The van der Waals surface area contributed by atoms with Gasteiger partial charge in [0.2, 0.25) is 0 Å². The molecule has 0 saturated carbocycles. The number of hydrogen-bond acceptors (Lipinski definition) is 3. The standard InChI is InChI=1S/C8H11N3/c9-5-3-7-11-8-4-1-2-6-10-8/h1-4,6-7H,5,9H2,(H,10,11)/b7-3-. The summed E-state index contributed by atoms with van der Waals surface area (Å²) in [4.78, 5) is 4.05. The van der Waals surface area contributed by atoms with Crippen molar-refractivity contribution in [2.75, 3.05) is 11.9 Å². The number of nitrogens with two attached hydrogens (primary N) is 1. The zero-order chi connectivity index (χ0) is 7.94. The van der Waals surface area contributed by atoms with Gasteiger partial charge in [0.05, 0.1) is 0 Å². The van der Waals surface area contributed by atoms with Crippen molar-refractivity contribution in [1.82, 2.24) is 4.98 Å². The first-order chi connectivity index (χ1) is 5.43. The summed E-state index contributed by atoms with van der Waals surface area (Å²) in [6.45, 7) is 0.542. The smallest absolute Gasteiger partial charge is 0.129 e. The highest BCUT2D eigenvalue weighted by Crippen LogP contribution is 1.98. The molecule has 0 aliphatic rings. The van der Waals surface area contributed by atoms with Crippen molar-refractivity contribution in [3.63, 3.8) is 0 Å². The molecule has 3 heteroatoms. The third-order valence-electron chi connectivity index (χ3n) is 1.15. The highest BCUT2D eigenvalue weighted by atomic mass is 15.0. The molecule has 1 rings (SSSR count). The van der Waals surface area contributed by atoms with E-state index in [1.807, 2.05) is 24.3 Å². The minimum Gasteiger partial charge on any atom is -0.347 e. The van der Waals surface area contributed by atoms with Crippen LogP contribution in [0.2, 0.25) is 0 Å². The number of nitrogens with one attached hydrogen (secondary N) is 1. The van der Waals surface area contributed by atoms with Crippen LogP contribution >= 0.6 is 0 Å². The number of pyridine rings is 1. The Morgan fingerprint density at radius 1 is 1.55 bits per heavy atom. The largest absolute Gasteiger partial charge is 0.347 e. The first-order valence-electron chi connectivity index (χ1n) is 3.46. The lowest BCUT2D eigenvalue weighted by Gasteiger charge is -1.96. The lowest BCUT2D eigenvalue weighted by molar-refractivity contribution is 1.24. The van der Waals surface area contributed by atoms with E-state index in [2.05, 4.69) is 10.3 Å². The second-order valence-corrected chi connectivity index (χ2v) is 2.00. The average molecular weight is 149 g/mol. The Morgan fingerprint density at radius 2 is 2.45 bits per heavy atom. The molecule has 0 fully saturated rings. The molecule has 0 bridgehead atoms. The quantitative estimate of drug-likeness (QED) is 0.673. The average Bonchev–Trinajstić information content (AvgIpc) is 2.07. The maximum atomic E-state index is 5.25. The van der Waals surface area contributed by atoms with Crippen molar-refractivity contribution in [3.8, 4) is 0 Å². The van der Waals surface area contributed by atoms with Crippen LogP contribution in [0.4, 0.5) is 5.82 Å². The molecule has 11 heavy (non-hydrogen) atoms. The van der Waals surface area contributed by atoms with Gasteiger partial charge in [-0.2, -0.15) is 0 Å². The topological polar surface area (TPSA) is 50.9 Å². The highest BCUT2D eigenvalue weighted by Gasteiger charge is 1.82. The number of hydrogen-bond donors (Lipinski definition) is 2. The molecule has 58 valence electrons. The predicted octanol–water partition coefficient (Wildman–Crippen LogP) is 0.966. The summed E-state index contributed by atoms with van der Waals surface area (Å²) in [5.41, 5.74) is 5.25. The summed E-state index contributed by atoms with van der Waals surface area (Å²) in [6.07, 6.45) is 5.34. The van der Waals surface area contributed by atoms with Gasteiger partial charge in [-0.25, -0.2) is 4.98 Å². The SMILES string of the molecule is NC/C=C\Nc1ccccn1. The highest BCUT2D eigenvalue weighted by molar-refractivity contribution is 5.36. The second kappa shape index (κ2) is 4.46. The summed E-state index contributed by atoms with van der Waals surface area (Å²) in [6, 6.07) is 5.68. The van der Waals surface area contributed by atoms with Crippen LogP contribution < -0.4 is 11.1 Å². The molecule has 1 aromatic rings. The maximum absolute atomic E-state index is 5.25. The summed E-state index contributed by atoms with van der Waals surface area (Å²) in [7, 11) is 0. The van der Waals surface area contributed by atoms with Crippen molar-refractivity contribution in [1.29, 1.82) is 0 Å². The first-order valence-corrected chi connectivity index (χ1v) is 3.46. The van der Waals surface area contributed by atoms with Gasteiger partial charge >= 0.3 is 0 Å². The van der Waals surface area contributed by atoms with E-state index in [9.17, 15) is 0 Å². The Balaban J connectivity index is 2.45. The molecule has 0 unspecified atom stereocenters. The van der Waals surface area contributed by atoms with Crippen LogP contribution in [-0.2, 0) is 0 Å². The van der Waals surface area contributed by atoms with Crippen LogP contribution in [0, 0.1) is 0 Å². The van der Waals surface area contributed by atoms with Gasteiger partial charge in [-0.05, 0) is 18.3 Å². The fourth-order valence-corrected chi connectivity index (χ4v) is 0.660. The fraction of sp³-hybridized carbons (Fsp3) is 0.125. The van der Waals surface area contributed by atoms with E-state index >= 15 is 0 Å². The van der Waals surface area contributed by atoms with Gasteiger partial charge in [-0.1, -0.05) is 12.1 Å². The van der Waals surface area contributed by atoms with E-state index in [4.69, 9.17) is 5.73 Å². The van der Waals surface area contributed by atoms with Crippen LogP contribution in [0.1, 0.15) is 0 Å². The lowest BCUT2D eigenvalue weighted by atomic mass is 10.5. The molecule has 0 atom stereocenters. The van der Waals surface area contributed by atoms with Gasteiger partial charge in [-0.3, -0.25) is 0 Å². The normalized spacial score (nSPS) is 10.3. The Bertz CT molecular complexity index is 218. The van der Waals surface area contributed by atoms with Crippen LogP contribution in [0.15, 0.2) is 36.7 Å². The monoisotopic (exact) mass is 149 g/mol. The van der Waals surface area contributed by atoms with Crippen molar-refractivity contribution in [3.05, 3.63) is 36.7 Å². The molecule has 0 saturated heterocycles. The lowest BCUT2D eigenvalue weighted by Crippen LogP contribution is -1.95. The first kappa shape index (κ1) is 7.75. The van der Waals surface area contributed by atoms with Crippen LogP contribution in [0.25, 0.3) is 0 Å². The maximum Gasteiger partial charge on any atom is 0.129 e. The fourth-order valence-electron chi connectivity index (χ4n) is 0.660. The third kappa shape index (κ3) is 2.82. The van der Waals surface area contributed by atoms with Gasteiger partial charge in [0, 0.05) is 12.7 Å². The molecule has 3 N–H and O–H groups in total. The van der Waals surface area contributed by atoms with Crippen molar-refractivity contribution in [2.24, 2.45) is 5.73 Å². The van der Waals surface area contributed by atoms with E-state index in [1.165, 1.54) is 0 Å². The van der Waals surface area contributed by atoms with E-state index in [0.717, 1.165) is 5.82 Å². The number of rotatable bonds is 3. The predicted molar refractivity (Wildman–Crippen MR) is 46.1 cm³/mol. The molecule has 0 amide bonds. The molecular weight excluding hydrogens is 138 g/mol. The minimum absolute atomic E-state index is 0.542. The molecule has 0 aromatic carbocycles. The summed E-state index contributed by atoms with van der Waals surface area (Å²) in [5.74, 6) is 0.831. The minimum atomic E-state index is 0.542. The molecule has 3 nitrogen and oxygen atoms in total. The van der Waals surface area contributed by atoms with Gasteiger partial charge in [0.25, 0.3) is 0 Å². The molecular formula is C8H11N3. The molecule has 1 heterocycles. The number of nitrogens with zero attached hydrogens (tertiary/aromatic N) is 1. The van der Waals surface area contributed by atoms with Crippen molar-refractivity contribution >= 4 is 5.82 Å². The van der Waals surface area contributed by atoms with Crippen LogP contribution in [0.3, 0.4) is 0 Å². The number of anilines is 1. The Labute approximate surface area is 65.9 Å². The summed E-state index contributed by atoms with van der Waals surface area (Å²) >= 11 is 0. The molecule has 1 aromatic heterocycles. The van der Waals surface area contributed by atoms with Crippen LogP contribution in [0.5, 0.6) is 0 Å². The Hall–Kier alpha value is -1.35. The van der Waals surface area contributed by atoms with E-state index in [-0.39, 0.29) is 0 Å². The molecule has 0 aliphatic carbocycles. The van der Waals surface area contributed by atoms with Gasteiger partial charge in [0.15, 0.2) is 0 Å². The zero-order valence-electron chi connectivity index (χ0n) is 6.20. The van der Waals surface area contributed by atoms with Gasteiger partial charge in [0.1, 0.15) is 5.82 Å². The zero-order valence-corrected chi connectivity index (χ0v) is 6.20. The molecule has 0 aliphatic heterocycles. The van der Waals surface area contributed by atoms with E-state index < -0.39 is 0 Å². The van der Waals surface area contributed by atoms with Crippen LogP contribution in [-0.4, -0.2) is 11.5 Å². The Morgan fingerprint density at radius 3 is 3.09 bits per heavy atom. The van der Waals surface area contributed by atoms with Crippen molar-refractivity contribution in [2.45, 2.75) is 0 Å². The molecule has 0 radical (unpaired) electrons. The summed E-state index contributed by atoms with van der Waals surface area (Å²) < 4.78 is 0. The third-order valence-corrected chi connectivity index (χ3v) is 1.15. The number of aromatic nitrogens is 1. The summed E-state index contributed by atoms with van der Waals surface area (Å²) in [5, 5.41) is 2.97. The molecule has 0 spiro atoms. The van der Waals surface area contributed by atoms with Gasteiger partial charge in [-0.15, -0.1) is 0 Å². The second-order valence-electron chi connectivity index (χ2n) is 2.00.